The van der Waals surface area contributed by atoms with E-state index >= 15 is 0 Å². The minimum Gasteiger partial charge on any atom is -0.508 e. The van der Waals surface area contributed by atoms with E-state index in [0.29, 0.717) is 6.42 Å². The number of hydrogen-bond acceptors (Lipinski definition) is 3. The predicted octanol–water partition coefficient (Wildman–Crippen LogP) is 3.19. The zero-order chi connectivity index (χ0) is 13.9. The number of phenols is 1. The summed E-state index contributed by atoms with van der Waals surface area (Å²) in [7, 11) is 0. The Morgan fingerprint density at radius 1 is 1.40 bits per heavy atom. The average Bonchev–Trinajstić information content (AvgIpc) is 2.88. The standard InChI is InChI=1S/C16H17NO2S/c18-12-4-1-3-11(9-12)10-16(19)17-14-5-2-6-15-13(14)7-8-20-15/h1,3-4,7-9,14,18H,2,5-6,10H2,(H,17,19). The Hall–Kier alpha value is -1.81. The Bertz CT molecular complexity index is 620. The van der Waals surface area contributed by atoms with Crippen molar-refractivity contribution in [2.75, 3.05) is 0 Å². The van der Waals surface area contributed by atoms with Crippen molar-refractivity contribution in [3.05, 3.63) is 51.7 Å². The number of thiophene rings is 1. The maximum Gasteiger partial charge on any atom is 0.224 e. The van der Waals surface area contributed by atoms with Crippen LogP contribution in [0.4, 0.5) is 0 Å². The first-order chi connectivity index (χ1) is 9.72. The first kappa shape index (κ1) is 13.2. The number of nitrogens with one attached hydrogen (secondary N) is 1. The fourth-order valence-electron chi connectivity index (χ4n) is 2.73. The van der Waals surface area contributed by atoms with Crippen LogP contribution in [0.25, 0.3) is 0 Å². The second-order valence-corrected chi connectivity index (χ2v) is 6.16. The molecule has 4 heteroatoms. The van der Waals surface area contributed by atoms with Gasteiger partial charge in [0.25, 0.3) is 0 Å². The second-order valence-electron chi connectivity index (χ2n) is 5.16. The maximum absolute atomic E-state index is 12.1. The zero-order valence-corrected chi connectivity index (χ0v) is 12.0. The lowest BCUT2D eigenvalue weighted by atomic mass is 9.94. The van der Waals surface area contributed by atoms with Gasteiger partial charge in [-0.3, -0.25) is 4.79 Å². The number of amides is 1. The van der Waals surface area contributed by atoms with Crippen molar-refractivity contribution in [2.24, 2.45) is 0 Å². The summed E-state index contributed by atoms with van der Waals surface area (Å²) in [5.74, 6) is 0.215. The molecule has 1 aromatic heterocycles. The predicted molar refractivity (Wildman–Crippen MR) is 80.0 cm³/mol. The number of hydrogen-bond donors (Lipinski definition) is 2. The van der Waals surface area contributed by atoms with E-state index in [9.17, 15) is 9.90 Å². The highest BCUT2D eigenvalue weighted by Gasteiger charge is 2.22. The number of carbonyl (C=O) groups is 1. The Kier molecular flexibility index (Phi) is 3.74. The number of aromatic hydroxyl groups is 1. The molecule has 0 radical (unpaired) electrons. The minimum atomic E-state index is 0.0136. The molecule has 20 heavy (non-hydrogen) atoms. The number of fused-ring (bicyclic) bond motifs is 1. The molecule has 1 amide bonds. The number of phenolic OH excluding ortho intramolecular Hbond substituents is 1. The van der Waals surface area contributed by atoms with Crippen LogP contribution in [0.1, 0.15) is 34.9 Å². The third-order valence-corrected chi connectivity index (χ3v) is 4.66. The van der Waals surface area contributed by atoms with Gasteiger partial charge in [0, 0.05) is 4.88 Å². The van der Waals surface area contributed by atoms with E-state index in [1.54, 1.807) is 29.5 Å². The molecular weight excluding hydrogens is 270 g/mol. The monoisotopic (exact) mass is 287 g/mol. The van der Waals surface area contributed by atoms with Crippen LogP contribution in [0.3, 0.4) is 0 Å². The van der Waals surface area contributed by atoms with Crippen molar-refractivity contribution in [2.45, 2.75) is 31.7 Å². The van der Waals surface area contributed by atoms with Gasteiger partial charge in [-0.1, -0.05) is 12.1 Å². The molecule has 0 aliphatic heterocycles. The van der Waals surface area contributed by atoms with Gasteiger partial charge in [-0.05, 0) is 54.0 Å². The van der Waals surface area contributed by atoms with E-state index in [-0.39, 0.29) is 17.7 Å². The molecule has 1 aromatic carbocycles. The molecule has 2 N–H and O–H groups in total. The van der Waals surface area contributed by atoms with Gasteiger partial charge in [-0.2, -0.15) is 0 Å². The molecule has 1 aliphatic carbocycles. The summed E-state index contributed by atoms with van der Waals surface area (Å²) >= 11 is 1.78. The third kappa shape index (κ3) is 2.85. The van der Waals surface area contributed by atoms with Gasteiger partial charge in [0.05, 0.1) is 12.5 Å². The molecule has 0 saturated heterocycles. The molecule has 0 saturated carbocycles. The number of aryl methyl sites for hydroxylation is 1. The smallest absolute Gasteiger partial charge is 0.224 e. The van der Waals surface area contributed by atoms with Gasteiger partial charge >= 0.3 is 0 Å². The fraction of sp³-hybridized carbons (Fsp3) is 0.312. The molecular formula is C16H17NO2S. The Morgan fingerprint density at radius 2 is 2.30 bits per heavy atom. The van der Waals surface area contributed by atoms with Crippen molar-refractivity contribution in [3.8, 4) is 5.75 Å². The van der Waals surface area contributed by atoms with E-state index in [1.165, 1.54) is 10.4 Å². The normalized spacial score (nSPS) is 17.5. The van der Waals surface area contributed by atoms with Crippen molar-refractivity contribution in [3.63, 3.8) is 0 Å². The highest BCUT2D eigenvalue weighted by atomic mass is 32.1. The van der Waals surface area contributed by atoms with Crippen molar-refractivity contribution in [1.82, 2.24) is 5.32 Å². The molecule has 1 unspecified atom stereocenters. The molecule has 0 bridgehead atoms. The van der Waals surface area contributed by atoms with Crippen LogP contribution < -0.4 is 5.32 Å². The van der Waals surface area contributed by atoms with Gasteiger partial charge in [0.2, 0.25) is 5.91 Å². The first-order valence-electron chi connectivity index (χ1n) is 6.86. The third-order valence-electron chi connectivity index (χ3n) is 3.66. The van der Waals surface area contributed by atoms with Gasteiger partial charge < -0.3 is 10.4 Å². The summed E-state index contributed by atoms with van der Waals surface area (Å²) in [6.07, 6.45) is 3.58. The zero-order valence-electron chi connectivity index (χ0n) is 11.1. The van der Waals surface area contributed by atoms with Gasteiger partial charge in [0.15, 0.2) is 0 Å². The van der Waals surface area contributed by atoms with E-state index < -0.39 is 0 Å². The SMILES string of the molecule is O=C(Cc1cccc(O)c1)NC1CCCc2sccc21. The molecule has 0 fully saturated rings. The average molecular weight is 287 g/mol. The van der Waals surface area contributed by atoms with E-state index in [2.05, 4.69) is 16.8 Å². The molecule has 104 valence electrons. The van der Waals surface area contributed by atoms with Crippen LogP contribution in [-0.4, -0.2) is 11.0 Å². The highest BCUT2D eigenvalue weighted by molar-refractivity contribution is 7.10. The molecule has 1 aliphatic rings. The van der Waals surface area contributed by atoms with E-state index in [0.717, 1.165) is 24.8 Å². The summed E-state index contributed by atoms with van der Waals surface area (Å²) in [5, 5.41) is 14.6. The summed E-state index contributed by atoms with van der Waals surface area (Å²) in [5.41, 5.74) is 2.12. The Balaban J connectivity index is 1.66. The largest absolute Gasteiger partial charge is 0.508 e. The number of benzene rings is 1. The van der Waals surface area contributed by atoms with Gasteiger partial charge in [-0.15, -0.1) is 11.3 Å². The van der Waals surface area contributed by atoms with Crippen LogP contribution in [-0.2, 0) is 17.6 Å². The molecule has 1 heterocycles. The van der Waals surface area contributed by atoms with Crippen LogP contribution in [0.2, 0.25) is 0 Å². The summed E-state index contributed by atoms with van der Waals surface area (Å²) < 4.78 is 0. The van der Waals surface area contributed by atoms with Crippen LogP contribution in [0.15, 0.2) is 35.7 Å². The lowest BCUT2D eigenvalue weighted by Gasteiger charge is -2.23. The molecule has 3 rings (SSSR count). The lowest BCUT2D eigenvalue weighted by molar-refractivity contribution is -0.121. The molecule has 1 atom stereocenters. The summed E-state index contributed by atoms with van der Waals surface area (Å²) in [4.78, 5) is 13.5. The summed E-state index contributed by atoms with van der Waals surface area (Å²) in [6.45, 7) is 0. The molecule has 0 spiro atoms. The van der Waals surface area contributed by atoms with Crippen LogP contribution in [0.5, 0.6) is 5.75 Å². The van der Waals surface area contributed by atoms with Gasteiger partial charge in [0.1, 0.15) is 5.75 Å². The number of carbonyl (C=O) groups excluding carboxylic acids is 1. The molecule has 3 nitrogen and oxygen atoms in total. The Labute approximate surface area is 122 Å². The quantitative estimate of drug-likeness (QED) is 0.911. The second kappa shape index (κ2) is 5.67. The topological polar surface area (TPSA) is 49.3 Å². The van der Waals surface area contributed by atoms with E-state index in [4.69, 9.17) is 0 Å². The van der Waals surface area contributed by atoms with Crippen molar-refractivity contribution >= 4 is 17.2 Å². The fourth-order valence-corrected chi connectivity index (χ4v) is 3.72. The minimum absolute atomic E-state index is 0.0136. The van der Waals surface area contributed by atoms with Gasteiger partial charge in [-0.25, -0.2) is 0 Å². The van der Waals surface area contributed by atoms with Crippen LogP contribution in [0, 0.1) is 0 Å². The summed E-state index contributed by atoms with van der Waals surface area (Å²) in [6, 6.07) is 9.13. The van der Waals surface area contributed by atoms with Crippen molar-refractivity contribution in [1.29, 1.82) is 0 Å². The van der Waals surface area contributed by atoms with Crippen LogP contribution >= 0.6 is 11.3 Å². The molecule has 2 aromatic rings. The van der Waals surface area contributed by atoms with Crippen molar-refractivity contribution < 1.29 is 9.90 Å². The lowest BCUT2D eigenvalue weighted by Crippen LogP contribution is -2.31. The maximum atomic E-state index is 12.1. The number of rotatable bonds is 3. The highest BCUT2D eigenvalue weighted by Crippen LogP contribution is 2.33. The Morgan fingerprint density at radius 3 is 3.15 bits per heavy atom. The van der Waals surface area contributed by atoms with E-state index in [1.807, 2.05) is 6.07 Å². The first-order valence-corrected chi connectivity index (χ1v) is 7.74.